The minimum Gasteiger partial charge on any atom is -0.478 e. The number of aliphatic hydroxyl groups is 2. The van der Waals surface area contributed by atoms with Gasteiger partial charge in [0.25, 0.3) is 5.69 Å². The third-order valence-corrected chi connectivity index (χ3v) is 2.03. The lowest BCUT2D eigenvalue weighted by atomic mass is 10.2. The van der Waals surface area contributed by atoms with Crippen molar-refractivity contribution in [2.45, 2.75) is 6.10 Å². The van der Waals surface area contributed by atoms with Crippen LogP contribution < -0.4 is 5.32 Å². The Hall–Kier alpha value is -2.26. The quantitative estimate of drug-likeness (QED) is 0.392. The first-order chi connectivity index (χ1) is 8.45. The van der Waals surface area contributed by atoms with Crippen LogP contribution in [0, 0.1) is 10.1 Å². The standard InChI is InChI=1S/C9H11N3O6/c13-4-6(14)3-11-8-7(9(15)16)1-5(2-10-8)12(17)18/h1-2,6,13-14H,3-4H2,(H,10,11)(H,15,16). The fourth-order valence-corrected chi connectivity index (χ4v) is 1.14. The average molecular weight is 257 g/mol. The molecule has 1 aromatic rings. The molecule has 4 N–H and O–H groups in total. The van der Waals surface area contributed by atoms with Gasteiger partial charge in [0.15, 0.2) is 0 Å². The number of rotatable bonds is 6. The molecule has 0 saturated carbocycles. The topological polar surface area (TPSA) is 146 Å². The van der Waals surface area contributed by atoms with Gasteiger partial charge in [-0.3, -0.25) is 10.1 Å². The Balaban J connectivity index is 2.97. The van der Waals surface area contributed by atoms with E-state index in [0.29, 0.717) is 0 Å². The number of hydrogen-bond acceptors (Lipinski definition) is 7. The third-order valence-electron chi connectivity index (χ3n) is 2.03. The number of aliphatic hydroxyl groups excluding tert-OH is 2. The van der Waals surface area contributed by atoms with Crippen molar-refractivity contribution in [1.82, 2.24) is 4.98 Å². The van der Waals surface area contributed by atoms with Gasteiger partial charge in [-0.05, 0) is 0 Å². The fourth-order valence-electron chi connectivity index (χ4n) is 1.14. The summed E-state index contributed by atoms with van der Waals surface area (Å²) in [5.74, 6) is -1.49. The maximum absolute atomic E-state index is 10.9. The van der Waals surface area contributed by atoms with Crippen LogP contribution >= 0.6 is 0 Å². The van der Waals surface area contributed by atoms with Crippen molar-refractivity contribution < 1.29 is 25.0 Å². The van der Waals surface area contributed by atoms with E-state index < -0.39 is 29.3 Å². The molecule has 1 heterocycles. The summed E-state index contributed by atoms with van der Waals surface area (Å²) < 4.78 is 0. The summed E-state index contributed by atoms with van der Waals surface area (Å²) in [7, 11) is 0. The highest BCUT2D eigenvalue weighted by Gasteiger charge is 2.17. The molecule has 0 spiro atoms. The Labute approximate surface area is 101 Å². The number of aromatic carboxylic acids is 1. The molecule has 1 rings (SSSR count). The van der Waals surface area contributed by atoms with Gasteiger partial charge in [-0.25, -0.2) is 9.78 Å². The van der Waals surface area contributed by atoms with Crippen molar-refractivity contribution in [1.29, 1.82) is 0 Å². The van der Waals surface area contributed by atoms with Gasteiger partial charge >= 0.3 is 5.97 Å². The number of nitro groups is 1. The number of carboxylic acid groups (broad SMARTS) is 1. The second-order valence-corrected chi connectivity index (χ2v) is 3.37. The van der Waals surface area contributed by atoms with Crippen molar-refractivity contribution in [3.05, 3.63) is 27.9 Å². The van der Waals surface area contributed by atoms with E-state index in [1.54, 1.807) is 0 Å². The van der Waals surface area contributed by atoms with Gasteiger partial charge in [-0.2, -0.15) is 0 Å². The number of anilines is 1. The summed E-state index contributed by atoms with van der Waals surface area (Å²) >= 11 is 0. The van der Waals surface area contributed by atoms with Crippen LogP contribution in [0.2, 0.25) is 0 Å². The molecule has 0 bridgehead atoms. The highest BCUT2D eigenvalue weighted by atomic mass is 16.6. The Morgan fingerprint density at radius 3 is 2.78 bits per heavy atom. The van der Waals surface area contributed by atoms with E-state index >= 15 is 0 Å². The number of aromatic nitrogens is 1. The van der Waals surface area contributed by atoms with Gasteiger partial charge in [-0.15, -0.1) is 0 Å². The summed E-state index contributed by atoms with van der Waals surface area (Å²) in [5.41, 5.74) is -0.824. The first-order valence-corrected chi connectivity index (χ1v) is 4.86. The molecule has 0 fully saturated rings. The third kappa shape index (κ3) is 3.37. The van der Waals surface area contributed by atoms with Crippen LogP contribution in [0.3, 0.4) is 0 Å². The number of pyridine rings is 1. The van der Waals surface area contributed by atoms with Crippen LogP contribution in [0.4, 0.5) is 11.5 Å². The normalized spacial score (nSPS) is 11.9. The number of nitrogens with one attached hydrogen (secondary N) is 1. The molecule has 0 aliphatic carbocycles. The first kappa shape index (κ1) is 13.8. The molecule has 1 aromatic heterocycles. The van der Waals surface area contributed by atoms with Crippen LogP contribution in [0.5, 0.6) is 0 Å². The van der Waals surface area contributed by atoms with Crippen LogP contribution in [-0.4, -0.2) is 50.5 Å². The molecular formula is C9H11N3O6. The molecule has 9 nitrogen and oxygen atoms in total. The maximum Gasteiger partial charge on any atom is 0.339 e. The van der Waals surface area contributed by atoms with Gasteiger partial charge < -0.3 is 20.6 Å². The Morgan fingerprint density at radius 1 is 1.61 bits per heavy atom. The lowest BCUT2D eigenvalue weighted by Gasteiger charge is -2.11. The molecule has 18 heavy (non-hydrogen) atoms. The molecule has 0 aromatic carbocycles. The van der Waals surface area contributed by atoms with E-state index in [2.05, 4.69) is 10.3 Å². The van der Waals surface area contributed by atoms with Gasteiger partial charge in [0.1, 0.15) is 17.6 Å². The Morgan fingerprint density at radius 2 is 2.28 bits per heavy atom. The summed E-state index contributed by atoms with van der Waals surface area (Å²) in [6.07, 6.45) is -0.177. The second-order valence-electron chi connectivity index (χ2n) is 3.37. The molecule has 0 amide bonds. The molecular weight excluding hydrogens is 246 g/mol. The van der Waals surface area contributed by atoms with Crippen molar-refractivity contribution in [2.24, 2.45) is 0 Å². The van der Waals surface area contributed by atoms with E-state index in [-0.39, 0.29) is 17.9 Å². The minimum absolute atomic E-state index is 0.111. The second kappa shape index (κ2) is 5.89. The van der Waals surface area contributed by atoms with Gasteiger partial charge in [0.2, 0.25) is 0 Å². The van der Waals surface area contributed by atoms with Crippen molar-refractivity contribution in [3.63, 3.8) is 0 Å². The number of hydrogen-bond donors (Lipinski definition) is 4. The fraction of sp³-hybridized carbons (Fsp3) is 0.333. The minimum atomic E-state index is -1.38. The highest BCUT2D eigenvalue weighted by molar-refractivity contribution is 5.93. The van der Waals surface area contributed by atoms with Crippen LogP contribution in [0.1, 0.15) is 10.4 Å². The molecule has 1 unspecified atom stereocenters. The predicted octanol–water partition coefficient (Wildman–Crippen LogP) is -0.547. The SMILES string of the molecule is O=C(O)c1cc([N+](=O)[O-])cnc1NCC(O)CO. The Kier molecular flexibility index (Phi) is 4.52. The monoisotopic (exact) mass is 257 g/mol. The zero-order valence-corrected chi connectivity index (χ0v) is 9.11. The van der Waals surface area contributed by atoms with Crippen LogP contribution in [0.25, 0.3) is 0 Å². The molecule has 0 saturated heterocycles. The zero-order valence-electron chi connectivity index (χ0n) is 9.11. The summed E-state index contributed by atoms with van der Waals surface area (Å²) in [5, 5.41) is 39.5. The molecule has 0 aliphatic heterocycles. The first-order valence-electron chi connectivity index (χ1n) is 4.86. The van der Waals surface area contributed by atoms with Gasteiger partial charge in [0, 0.05) is 12.6 Å². The molecule has 0 aliphatic rings. The van der Waals surface area contributed by atoms with E-state index in [4.69, 9.17) is 15.3 Å². The van der Waals surface area contributed by atoms with E-state index in [1.807, 2.05) is 0 Å². The van der Waals surface area contributed by atoms with E-state index in [1.165, 1.54) is 0 Å². The number of nitrogens with zero attached hydrogens (tertiary/aromatic N) is 2. The van der Waals surface area contributed by atoms with Crippen molar-refractivity contribution in [2.75, 3.05) is 18.5 Å². The largest absolute Gasteiger partial charge is 0.478 e. The summed E-state index contributed by atoms with van der Waals surface area (Å²) in [6.45, 7) is -0.621. The van der Waals surface area contributed by atoms with Crippen LogP contribution in [-0.2, 0) is 0 Å². The van der Waals surface area contributed by atoms with Gasteiger partial charge in [0.05, 0.1) is 17.6 Å². The van der Waals surface area contributed by atoms with Crippen molar-refractivity contribution >= 4 is 17.5 Å². The predicted molar refractivity (Wildman–Crippen MR) is 59.4 cm³/mol. The van der Waals surface area contributed by atoms with Crippen molar-refractivity contribution in [3.8, 4) is 0 Å². The van der Waals surface area contributed by atoms with Crippen LogP contribution in [0.15, 0.2) is 12.3 Å². The smallest absolute Gasteiger partial charge is 0.339 e. The van der Waals surface area contributed by atoms with E-state index in [0.717, 1.165) is 12.3 Å². The average Bonchev–Trinajstić information content (AvgIpc) is 2.35. The molecule has 1 atom stereocenters. The number of carbonyl (C=O) groups is 1. The maximum atomic E-state index is 10.9. The summed E-state index contributed by atoms with van der Waals surface area (Å²) in [4.78, 5) is 24.2. The molecule has 9 heteroatoms. The highest BCUT2D eigenvalue weighted by Crippen LogP contribution is 2.19. The lowest BCUT2D eigenvalue weighted by Crippen LogP contribution is -2.24. The zero-order chi connectivity index (χ0) is 13.7. The molecule has 0 radical (unpaired) electrons. The lowest BCUT2D eigenvalue weighted by molar-refractivity contribution is -0.385. The van der Waals surface area contributed by atoms with E-state index in [9.17, 15) is 14.9 Å². The molecule has 98 valence electrons. The summed E-state index contributed by atoms with van der Waals surface area (Å²) in [6, 6.07) is 0.864. The number of carboxylic acids is 1. The van der Waals surface area contributed by atoms with Gasteiger partial charge in [-0.1, -0.05) is 0 Å². The Bertz CT molecular complexity index is 464.